The molecule has 4 heterocycles. The molecule has 33 heavy (non-hydrogen) atoms. The highest BCUT2D eigenvalue weighted by Crippen LogP contribution is 2.32. The predicted octanol–water partition coefficient (Wildman–Crippen LogP) is 4.14. The minimum absolute atomic E-state index is 0.224. The summed E-state index contributed by atoms with van der Waals surface area (Å²) in [5.74, 6) is 1.64. The molecule has 1 amide bonds. The number of hydrogen-bond acceptors (Lipinski definition) is 6. The van der Waals surface area contributed by atoms with Crippen LogP contribution in [0.1, 0.15) is 39.0 Å². The minimum atomic E-state index is -0.533. The van der Waals surface area contributed by atoms with Crippen molar-refractivity contribution in [1.29, 1.82) is 0 Å². The second kappa shape index (κ2) is 8.33. The van der Waals surface area contributed by atoms with Crippen molar-refractivity contribution < 1.29 is 14.3 Å². The molecule has 1 aromatic carbocycles. The predicted molar refractivity (Wildman–Crippen MR) is 127 cm³/mol. The van der Waals surface area contributed by atoms with Gasteiger partial charge in [0.15, 0.2) is 5.82 Å². The van der Waals surface area contributed by atoms with Crippen LogP contribution in [0.3, 0.4) is 0 Å². The Morgan fingerprint density at radius 2 is 2.06 bits per heavy atom. The fraction of sp³-hybridized carbons (Fsp3) is 0.480. The summed E-state index contributed by atoms with van der Waals surface area (Å²) < 4.78 is 11.3. The maximum atomic E-state index is 12.8. The Balaban J connectivity index is 1.56. The van der Waals surface area contributed by atoms with Crippen molar-refractivity contribution in [2.45, 2.75) is 52.3 Å². The van der Waals surface area contributed by atoms with Crippen LogP contribution in [0.25, 0.3) is 22.3 Å². The van der Waals surface area contributed by atoms with Gasteiger partial charge in [0.1, 0.15) is 11.4 Å². The lowest BCUT2D eigenvalue weighted by atomic mass is 10.0. The zero-order valence-corrected chi connectivity index (χ0v) is 19.7. The van der Waals surface area contributed by atoms with E-state index in [-0.39, 0.29) is 12.1 Å². The van der Waals surface area contributed by atoms with Crippen LogP contribution in [0.4, 0.5) is 10.6 Å². The highest BCUT2D eigenvalue weighted by atomic mass is 16.6. The molecule has 0 saturated carbocycles. The van der Waals surface area contributed by atoms with Crippen LogP contribution in [0.5, 0.6) is 0 Å². The summed E-state index contributed by atoms with van der Waals surface area (Å²) in [6.07, 6.45) is 2.33. The Kier molecular flexibility index (Phi) is 5.48. The normalized spacial score (nSPS) is 19.0. The molecule has 0 unspecified atom stereocenters. The van der Waals surface area contributed by atoms with E-state index in [4.69, 9.17) is 19.4 Å². The summed E-state index contributed by atoms with van der Waals surface area (Å²) in [6, 6.07) is 8.47. The molecule has 1 N–H and O–H groups in total. The first-order valence-electron chi connectivity index (χ1n) is 11.6. The van der Waals surface area contributed by atoms with Gasteiger partial charge in [0.05, 0.1) is 31.5 Å². The molecule has 8 nitrogen and oxygen atoms in total. The van der Waals surface area contributed by atoms with Gasteiger partial charge in [-0.15, -0.1) is 0 Å². The highest BCUT2D eigenvalue weighted by molar-refractivity contribution is 5.84. The lowest BCUT2D eigenvalue weighted by Gasteiger charge is -2.38. The van der Waals surface area contributed by atoms with Crippen LogP contribution in [-0.2, 0) is 22.4 Å². The van der Waals surface area contributed by atoms with E-state index in [9.17, 15) is 4.79 Å². The van der Waals surface area contributed by atoms with Crippen LogP contribution >= 0.6 is 0 Å². The number of hydrogen-bond donors (Lipinski definition) is 1. The summed E-state index contributed by atoms with van der Waals surface area (Å²) in [5.41, 5.74) is 3.51. The first-order chi connectivity index (χ1) is 15.8. The Morgan fingerprint density at radius 1 is 1.21 bits per heavy atom. The topological polar surface area (TPSA) is 83.6 Å². The van der Waals surface area contributed by atoms with Gasteiger partial charge in [0.25, 0.3) is 0 Å². The van der Waals surface area contributed by atoms with E-state index >= 15 is 0 Å². The van der Waals surface area contributed by atoms with Gasteiger partial charge >= 0.3 is 6.09 Å². The van der Waals surface area contributed by atoms with Gasteiger partial charge in [-0.1, -0.05) is 0 Å². The van der Waals surface area contributed by atoms with E-state index in [0.717, 1.165) is 40.1 Å². The van der Waals surface area contributed by atoms with Gasteiger partial charge in [-0.25, -0.2) is 14.8 Å². The Labute approximate surface area is 193 Å². The Bertz CT molecular complexity index is 1180. The third kappa shape index (κ3) is 4.39. The number of rotatable bonds is 2. The summed E-state index contributed by atoms with van der Waals surface area (Å²) in [4.78, 5) is 30.1. The fourth-order valence-electron chi connectivity index (χ4n) is 4.49. The zero-order chi connectivity index (χ0) is 23.2. The third-order valence-corrected chi connectivity index (χ3v) is 6.15. The van der Waals surface area contributed by atoms with Crippen molar-refractivity contribution in [3.8, 4) is 11.4 Å². The largest absolute Gasteiger partial charge is 0.444 e. The maximum Gasteiger partial charge on any atom is 0.410 e. The molecule has 0 spiro atoms. The number of ether oxygens (including phenoxy) is 2. The standard InChI is InChI=1S/C25H31N5O3/c1-16-15-32-12-11-30(16)23-19-8-10-29(24(31)33-25(2,3)4)14-21(19)27-22(28-23)18-5-6-20-17(13-18)7-9-26-20/h5-7,9,13,16,26H,8,10-12,14-15H2,1-4H3/t16-/m0/s1. The molecule has 1 fully saturated rings. The molecule has 2 aliphatic heterocycles. The lowest BCUT2D eigenvalue weighted by molar-refractivity contribution is 0.0220. The summed E-state index contributed by atoms with van der Waals surface area (Å²) >= 11 is 0. The van der Waals surface area contributed by atoms with E-state index in [1.807, 2.05) is 39.1 Å². The van der Waals surface area contributed by atoms with Gasteiger partial charge in [-0.2, -0.15) is 0 Å². The summed E-state index contributed by atoms with van der Waals surface area (Å²) in [7, 11) is 0. The molecule has 0 aliphatic carbocycles. The smallest absolute Gasteiger partial charge is 0.410 e. The van der Waals surface area contributed by atoms with E-state index in [1.54, 1.807) is 4.90 Å². The molecular weight excluding hydrogens is 418 g/mol. The van der Waals surface area contributed by atoms with Crippen LogP contribution in [0, 0.1) is 0 Å². The number of carbonyl (C=O) groups is 1. The average molecular weight is 450 g/mol. The number of aromatic amines is 1. The van der Waals surface area contributed by atoms with E-state index in [1.165, 1.54) is 0 Å². The van der Waals surface area contributed by atoms with Gasteiger partial charge in [0.2, 0.25) is 0 Å². The van der Waals surface area contributed by atoms with Crippen molar-refractivity contribution in [3.05, 3.63) is 41.7 Å². The van der Waals surface area contributed by atoms with Crippen LogP contribution in [0.15, 0.2) is 30.5 Å². The van der Waals surface area contributed by atoms with Crippen LogP contribution in [-0.4, -0.2) is 63.9 Å². The monoisotopic (exact) mass is 449 g/mol. The number of nitrogens with zero attached hydrogens (tertiary/aromatic N) is 4. The van der Waals surface area contributed by atoms with Crippen LogP contribution in [0.2, 0.25) is 0 Å². The van der Waals surface area contributed by atoms with Crippen molar-refractivity contribution in [2.75, 3.05) is 31.2 Å². The lowest BCUT2D eigenvalue weighted by Crippen LogP contribution is -2.46. The Hall–Kier alpha value is -3.13. The minimum Gasteiger partial charge on any atom is -0.444 e. The molecular formula is C25H31N5O3. The van der Waals surface area contributed by atoms with Crippen molar-refractivity contribution in [1.82, 2.24) is 19.9 Å². The molecule has 8 heteroatoms. The van der Waals surface area contributed by atoms with Gasteiger partial charge < -0.3 is 24.3 Å². The Morgan fingerprint density at radius 3 is 2.85 bits per heavy atom. The highest BCUT2D eigenvalue weighted by Gasteiger charge is 2.32. The van der Waals surface area contributed by atoms with Gasteiger partial charge in [-0.3, -0.25) is 0 Å². The second-order valence-electron chi connectivity index (χ2n) is 9.84. The van der Waals surface area contributed by atoms with E-state index in [2.05, 4.69) is 28.9 Å². The number of nitrogens with one attached hydrogen (secondary N) is 1. The zero-order valence-electron chi connectivity index (χ0n) is 19.7. The summed E-state index contributed by atoms with van der Waals surface area (Å²) in [6.45, 7) is 11.0. The number of H-pyrrole nitrogens is 1. The molecule has 1 atom stereocenters. The number of benzene rings is 1. The molecule has 0 bridgehead atoms. The number of amides is 1. The number of carbonyl (C=O) groups excluding carboxylic acids is 1. The van der Waals surface area contributed by atoms with E-state index in [0.29, 0.717) is 38.5 Å². The first kappa shape index (κ1) is 21.7. The molecule has 3 aromatic rings. The number of anilines is 1. The third-order valence-electron chi connectivity index (χ3n) is 6.15. The van der Waals surface area contributed by atoms with Crippen molar-refractivity contribution in [3.63, 3.8) is 0 Å². The molecule has 2 aromatic heterocycles. The van der Waals surface area contributed by atoms with Gasteiger partial charge in [-0.05, 0) is 58.4 Å². The molecule has 2 aliphatic rings. The molecule has 174 valence electrons. The quantitative estimate of drug-likeness (QED) is 0.633. The van der Waals surface area contributed by atoms with Crippen LogP contribution < -0.4 is 4.90 Å². The fourth-order valence-corrected chi connectivity index (χ4v) is 4.49. The SMILES string of the molecule is C[C@H]1COCCN1c1nc(-c2ccc3[nH]ccc3c2)nc2c1CCN(C(=O)OC(C)(C)C)C2. The molecule has 1 saturated heterocycles. The average Bonchev–Trinajstić information content (AvgIpc) is 3.25. The number of fused-ring (bicyclic) bond motifs is 2. The second-order valence-corrected chi connectivity index (χ2v) is 9.84. The van der Waals surface area contributed by atoms with E-state index < -0.39 is 5.60 Å². The number of aromatic nitrogens is 3. The summed E-state index contributed by atoms with van der Waals surface area (Å²) in [5, 5.41) is 1.12. The number of morpholine rings is 1. The molecule has 0 radical (unpaired) electrons. The van der Waals surface area contributed by atoms with Crippen molar-refractivity contribution in [2.24, 2.45) is 0 Å². The first-order valence-corrected chi connectivity index (χ1v) is 11.6. The molecule has 5 rings (SSSR count). The van der Waals surface area contributed by atoms with Gasteiger partial charge in [0, 0.05) is 41.3 Å². The van der Waals surface area contributed by atoms with Crippen molar-refractivity contribution >= 4 is 22.8 Å². The maximum absolute atomic E-state index is 12.8.